The zero-order valence-corrected chi connectivity index (χ0v) is 21.9. The number of carboxylic acids is 1. The first-order valence-corrected chi connectivity index (χ1v) is 12.6. The predicted molar refractivity (Wildman–Crippen MR) is 141 cm³/mol. The van der Waals surface area contributed by atoms with Crippen molar-refractivity contribution in [1.82, 2.24) is 16.0 Å². The summed E-state index contributed by atoms with van der Waals surface area (Å²) >= 11 is 0. The van der Waals surface area contributed by atoms with E-state index in [0.717, 1.165) is 22.3 Å². The van der Waals surface area contributed by atoms with Crippen LogP contribution in [0.4, 0.5) is 9.59 Å². The van der Waals surface area contributed by atoms with E-state index in [1.807, 2.05) is 48.5 Å². The zero-order valence-electron chi connectivity index (χ0n) is 21.9. The summed E-state index contributed by atoms with van der Waals surface area (Å²) in [7, 11) is 0. The van der Waals surface area contributed by atoms with E-state index in [0.29, 0.717) is 19.5 Å². The maximum atomic E-state index is 12.4. The van der Waals surface area contributed by atoms with Gasteiger partial charge in [-0.2, -0.15) is 0 Å². The van der Waals surface area contributed by atoms with Crippen LogP contribution in [0.5, 0.6) is 0 Å². The van der Waals surface area contributed by atoms with E-state index in [9.17, 15) is 24.3 Å². The number of benzene rings is 2. The summed E-state index contributed by atoms with van der Waals surface area (Å²) in [5.74, 6) is -1.76. The molecule has 2 aromatic rings. The normalized spacial score (nSPS) is 13.0. The smallest absolute Gasteiger partial charge is 0.407 e. The number of hydrogen-bond donors (Lipinski definition) is 4. The van der Waals surface area contributed by atoms with Gasteiger partial charge in [0.15, 0.2) is 0 Å². The molecule has 0 aliphatic heterocycles. The van der Waals surface area contributed by atoms with Crippen molar-refractivity contribution >= 4 is 24.1 Å². The Morgan fingerprint density at radius 1 is 0.895 bits per heavy atom. The van der Waals surface area contributed by atoms with Gasteiger partial charge in [0.05, 0.1) is 0 Å². The predicted octanol–water partition coefficient (Wildman–Crippen LogP) is 3.79. The Morgan fingerprint density at radius 3 is 2.05 bits per heavy atom. The highest BCUT2D eigenvalue weighted by molar-refractivity contribution is 5.82. The fraction of sp³-hybridized carbons (Fsp3) is 0.429. The monoisotopic (exact) mass is 525 g/mol. The van der Waals surface area contributed by atoms with E-state index in [-0.39, 0.29) is 31.3 Å². The SMILES string of the molecule is CC(C)(C)OC(=O)NCCCNC(=O)CC[C@@H](NC(=O)OCC1c2ccccc2-c2ccccc21)C(=O)O. The van der Waals surface area contributed by atoms with Gasteiger partial charge in [0, 0.05) is 25.4 Å². The molecule has 38 heavy (non-hydrogen) atoms. The van der Waals surface area contributed by atoms with Gasteiger partial charge < -0.3 is 30.5 Å². The molecule has 0 bridgehead atoms. The van der Waals surface area contributed by atoms with Crippen LogP contribution in [-0.2, 0) is 19.1 Å². The quantitative estimate of drug-likeness (QED) is 0.327. The standard InChI is InChI=1S/C28H35N3O7/c1-28(2,3)38-26(35)30-16-8-15-29-24(32)14-13-23(25(33)34)31-27(36)37-17-22-20-11-6-4-9-18(20)19-10-5-7-12-21(19)22/h4-7,9-12,22-23H,8,13-17H2,1-3H3,(H,29,32)(H,30,35)(H,31,36)(H,33,34)/t23-/m1/s1. The lowest BCUT2D eigenvalue weighted by atomic mass is 9.98. The van der Waals surface area contributed by atoms with E-state index in [2.05, 4.69) is 16.0 Å². The lowest BCUT2D eigenvalue weighted by molar-refractivity contribution is -0.139. The van der Waals surface area contributed by atoms with Crippen LogP contribution >= 0.6 is 0 Å². The molecule has 204 valence electrons. The van der Waals surface area contributed by atoms with Gasteiger partial charge in [-0.1, -0.05) is 48.5 Å². The summed E-state index contributed by atoms with van der Waals surface area (Å²) in [6, 6.07) is 14.5. The number of carboxylic acid groups (broad SMARTS) is 1. The highest BCUT2D eigenvalue weighted by Gasteiger charge is 2.30. The molecule has 4 N–H and O–H groups in total. The topological polar surface area (TPSA) is 143 Å². The molecule has 0 radical (unpaired) electrons. The Morgan fingerprint density at radius 2 is 1.47 bits per heavy atom. The molecule has 0 saturated heterocycles. The Balaban J connectivity index is 1.40. The number of hydrogen-bond acceptors (Lipinski definition) is 6. The van der Waals surface area contributed by atoms with Crippen LogP contribution in [0, 0.1) is 0 Å². The second-order valence-corrected chi connectivity index (χ2v) is 10.0. The molecule has 3 rings (SSSR count). The highest BCUT2D eigenvalue weighted by atomic mass is 16.6. The van der Waals surface area contributed by atoms with E-state index in [1.54, 1.807) is 20.8 Å². The second kappa shape index (κ2) is 12.9. The van der Waals surface area contributed by atoms with Crippen molar-refractivity contribution in [2.45, 2.75) is 57.6 Å². The first-order valence-electron chi connectivity index (χ1n) is 12.6. The maximum absolute atomic E-state index is 12.4. The van der Waals surface area contributed by atoms with Crippen molar-refractivity contribution in [2.75, 3.05) is 19.7 Å². The van der Waals surface area contributed by atoms with Gasteiger partial charge in [0.25, 0.3) is 0 Å². The number of nitrogens with one attached hydrogen (secondary N) is 3. The summed E-state index contributed by atoms with van der Waals surface area (Å²) < 4.78 is 10.5. The second-order valence-electron chi connectivity index (χ2n) is 10.0. The van der Waals surface area contributed by atoms with Crippen LogP contribution in [0.1, 0.15) is 57.1 Å². The van der Waals surface area contributed by atoms with Crippen LogP contribution in [0.25, 0.3) is 11.1 Å². The number of amides is 3. The lowest BCUT2D eigenvalue weighted by Crippen LogP contribution is -2.42. The summed E-state index contributed by atoms with van der Waals surface area (Å²) in [6.07, 6.45) is -1.10. The molecular formula is C28H35N3O7. The molecule has 0 unspecified atom stereocenters. The molecule has 10 nitrogen and oxygen atoms in total. The van der Waals surface area contributed by atoms with Crippen molar-refractivity contribution < 1.29 is 33.8 Å². The van der Waals surface area contributed by atoms with Gasteiger partial charge in [0.2, 0.25) is 5.91 Å². The summed E-state index contributed by atoms with van der Waals surface area (Å²) in [4.78, 5) is 47.8. The van der Waals surface area contributed by atoms with Crippen molar-refractivity contribution in [2.24, 2.45) is 0 Å². The summed E-state index contributed by atoms with van der Waals surface area (Å²) in [5.41, 5.74) is 3.69. The van der Waals surface area contributed by atoms with Gasteiger partial charge in [-0.25, -0.2) is 14.4 Å². The Kier molecular flexibility index (Phi) is 9.70. The van der Waals surface area contributed by atoms with Gasteiger partial charge in [0.1, 0.15) is 18.2 Å². The number of rotatable bonds is 11. The molecule has 0 saturated carbocycles. The van der Waals surface area contributed by atoms with Gasteiger partial charge in [-0.3, -0.25) is 4.79 Å². The summed E-state index contributed by atoms with van der Waals surface area (Å²) in [5, 5.41) is 17.1. The van der Waals surface area contributed by atoms with Crippen LogP contribution in [-0.4, -0.2) is 60.5 Å². The molecule has 1 aliphatic rings. The van der Waals surface area contributed by atoms with Crippen LogP contribution in [0.15, 0.2) is 48.5 Å². The van der Waals surface area contributed by atoms with Gasteiger partial charge >= 0.3 is 18.2 Å². The molecular weight excluding hydrogens is 490 g/mol. The van der Waals surface area contributed by atoms with E-state index in [1.165, 1.54) is 0 Å². The number of aliphatic carboxylic acids is 1. The van der Waals surface area contributed by atoms with E-state index in [4.69, 9.17) is 9.47 Å². The number of alkyl carbamates (subject to hydrolysis) is 2. The fourth-order valence-corrected chi connectivity index (χ4v) is 4.22. The van der Waals surface area contributed by atoms with Crippen LogP contribution < -0.4 is 16.0 Å². The zero-order chi connectivity index (χ0) is 27.7. The molecule has 1 aliphatic carbocycles. The Labute approximate surface area is 222 Å². The van der Waals surface area contributed by atoms with Crippen molar-refractivity contribution in [3.63, 3.8) is 0 Å². The fourth-order valence-electron chi connectivity index (χ4n) is 4.22. The largest absolute Gasteiger partial charge is 0.480 e. The first kappa shape index (κ1) is 28.5. The molecule has 1 atom stereocenters. The number of fused-ring (bicyclic) bond motifs is 3. The minimum atomic E-state index is -1.27. The molecule has 10 heteroatoms. The third kappa shape index (κ3) is 8.22. The van der Waals surface area contributed by atoms with Gasteiger partial charge in [-0.05, 0) is 55.9 Å². The third-order valence-electron chi connectivity index (χ3n) is 5.94. The molecule has 0 aromatic heterocycles. The van der Waals surface area contributed by atoms with Crippen molar-refractivity contribution in [3.05, 3.63) is 59.7 Å². The van der Waals surface area contributed by atoms with Crippen LogP contribution in [0.2, 0.25) is 0 Å². The molecule has 0 heterocycles. The average molecular weight is 526 g/mol. The average Bonchev–Trinajstić information content (AvgIpc) is 3.17. The molecule has 3 amide bonds. The minimum Gasteiger partial charge on any atom is -0.480 e. The highest BCUT2D eigenvalue weighted by Crippen LogP contribution is 2.44. The first-order chi connectivity index (χ1) is 18.0. The molecule has 2 aromatic carbocycles. The van der Waals surface area contributed by atoms with Gasteiger partial charge in [-0.15, -0.1) is 0 Å². The lowest BCUT2D eigenvalue weighted by Gasteiger charge is -2.19. The number of ether oxygens (including phenoxy) is 2. The number of carbonyl (C=O) groups excluding carboxylic acids is 3. The van der Waals surface area contributed by atoms with E-state index >= 15 is 0 Å². The Bertz CT molecular complexity index is 1110. The minimum absolute atomic E-state index is 0.0595. The third-order valence-corrected chi connectivity index (χ3v) is 5.94. The van der Waals surface area contributed by atoms with Crippen molar-refractivity contribution in [1.29, 1.82) is 0 Å². The summed E-state index contributed by atoms with van der Waals surface area (Å²) in [6.45, 7) is 5.96. The van der Waals surface area contributed by atoms with E-state index < -0.39 is 29.8 Å². The Hall–Kier alpha value is -4.08. The molecule has 0 spiro atoms. The van der Waals surface area contributed by atoms with Crippen molar-refractivity contribution in [3.8, 4) is 11.1 Å². The number of carbonyl (C=O) groups is 4. The molecule has 0 fully saturated rings. The maximum Gasteiger partial charge on any atom is 0.407 e. The van der Waals surface area contributed by atoms with Crippen LogP contribution in [0.3, 0.4) is 0 Å².